The molecule has 0 aromatic heterocycles. The van der Waals surface area contributed by atoms with E-state index in [1.165, 1.54) is 13.2 Å². The maximum atomic E-state index is 13.7. The first-order valence-electron chi connectivity index (χ1n) is 8.33. The maximum absolute atomic E-state index is 13.7. The fraction of sp³-hybridized carbons (Fsp3) is 0.190. The lowest BCUT2D eigenvalue weighted by atomic mass is 10.0. The zero-order chi connectivity index (χ0) is 18.4. The molecule has 3 rings (SSSR count). The van der Waals surface area contributed by atoms with Crippen molar-refractivity contribution in [2.75, 3.05) is 13.7 Å². The van der Waals surface area contributed by atoms with Crippen LogP contribution in [0.2, 0.25) is 0 Å². The number of benzene rings is 3. The minimum absolute atomic E-state index is 0.163. The van der Waals surface area contributed by atoms with Crippen LogP contribution in [-0.2, 0) is 22.7 Å². The van der Waals surface area contributed by atoms with E-state index < -0.39 is 0 Å². The summed E-state index contributed by atoms with van der Waals surface area (Å²) in [6.07, 6.45) is 0. The van der Waals surface area contributed by atoms with Gasteiger partial charge in [0, 0.05) is 12.1 Å². The summed E-state index contributed by atoms with van der Waals surface area (Å²) in [4.78, 5) is 11.2. The second kappa shape index (κ2) is 8.45. The number of nitrogens with one attached hydrogen (secondary N) is 1. The summed E-state index contributed by atoms with van der Waals surface area (Å²) in [6, 6.07) is 18.3. The Bertz CT molecular complexity index is 911. The molecule has 0 aliphatic rings. The van der Waals surface area contributed by atoms with E-state index in [0.29, 0.717) is 17.9 Å². The average molecular weight is 353 g/mol. The third-order valence-electron chi connectivity index (χ3n) is 4.11. The lowest BCUT2D eigenvalue weighted by molar-refractivity contribution is -0.139. The van der Waals surface area contributed by atoms with Crippen LogP contribution >= 0.6 is 0 Å². The van der Waals surface area contributed by atoms with Gasteiger partial charge in [-0.1, -0.05) is 42.5 Å². The zero-order valence-electron chi connectivity index (χ0n) is 14.5. The van der Waals surface area contributed by atoms with Crippen LogP contribution in [0, 0.1) is 5.82 Å². The standard InChI is InChI=1S/C21H20FNO3/c1-25-21(24)13-23-12-16-7-4-6-15-11-18(9-10-19(15)16)26-14-17-5-2-3-8-20(17)22/h2-11,23H,12-14H2,1H3. The van der Waals surface area contributed by atoms with Crippen molar-refractivity contribution in [1.29, 1.82) is 0 Å². The SMILES string of the molecule is COC(=O)CNCc1cccc2cc(OCc3ccccc3F)ccc12. The highest BCUT2D eigenvalue weighted by molar-refractivity contribution is 5.87. The molecule has 0 aliphatic heterocycles. The molecule has 0 saturated carbocycles. The number of carbonyl (C=O) groups excluding carboxylic acids is 1. The topological polar surface area (TPSA) is 47.6 Å². The van der Waals surface area contributed by atoms with Gasteiger partial charge in [0.25, 0.3) is 0 Å². The number of fused-ring (bicyclic) bond motifs is 1. The minimum Gasteiger partial charge on any atom is -0.489 e. The molecule has 0 aliphatic carbocycles. The number of hydrogen-bond donors (Lipinski definition) is 1. The zero-order valence-corrected chi connectivity index (χ0v) is 14.5. The van der Waals surface area contributed by atoms with Crippen molar-refractivity contribution in [3.63, 3.8) is 0 Å². The van der Waals surface area contributed by atoms with Gasteiger partial charge in [-0.3, -0.25) is 4.79 Å². The Kier molecular flexibility index (Phi) is 5.81. The van der Waals surface area contributed by atoms with Gasteiger partial charge in [0.15, 0.2) is 0 Å². The molecule has 0 atom stereocenters. The first-order valence-corrected chi connectivity index (χ1v) is 8.33. The molecule has 0 fully saturated rings. The van der Waals surface area contributed by atoms with Gasteiger partial charge in [-0.2, -0.15) is 0 Å². The van der Waals surface area contributed by atoms with Gasteiger partial charge in [-0.15, -0.1) is 0 Å². The molecule has 0 saturated heterocycles. The number of halogens is 1. The molecular formula is C21H20FNO3. The number of methoxy groups -OCH3 is 1. The van der Waals surface area contributed by atoms with Crippen molar-refractivity contribution >= 4 is 16.7 Å². The molecule has 0 heterocycles. The van der Waals surface area contributed by atoms with E-state index in [-0.39, 0.29) is 24.9 Å². The Morgan fingerprint density at radius 3 is 2.65 bits per heavy atom. The molecule has 0 amide bonds. The quantitative estimate of drug-likeness (QED) is 0.656. The van der Waals surface area contributed by atoms with E-state index in [9.17, 15) is 9.18 Å². The summed E-state index contributed by atoms with van der Waals surface area (Å²) in [5, 5.41) is 5.16. The molecule has 134 valence electrons. The number of rotatable bonds is 7. The normalized spacial score (nSPS) is 10.7. The van der Waals surface area contributed by atoms with Gasteiger partial charge in [-0.25, -0.2) is 4.39 Å². The summed E-state index contributed by atoms with van der Waals surface area (Å²) >= 11 is 0. The second-order valence-corrected chi connectivity index (χ2v) is 5.86. The van der Waals surface area contributed by atoms with Crippen LogP contribution in [0.4, 0.5) is 4.39 Å². The smallest absolute Gasteiger partial charge is 0.319 e. The van der Waals surface area contributed by atoms with E-state index in [2.05, 4.69) is 10.1 Å². The number of hydrogen-bond acceptors (Lipinski definition) is 4. The molecule has 26 heavy (non-hydrogen) atoms. The second-order valence-electron chi connectivity index (χ2n) is 5.86. The third-order valence-corrected chi connectivity index (χ3v) is 4.11. The largest absolute Gasteiger partial charge is 0.489 e. The van der Waals surface area contributed by atoms with Gasteiger partial charge in [0.1, 0.15) is 18.2 Å². The van der Waals surface area contributed by atoms with Crippen LogP contribution in [0.15, 0.2) is 60.7 Å². The van der Waals surface area contributed by atoms with Gasteiger partial charge in [-0.05, 0) is 34.5 Å². The monoisotopic (exact) mass is 353 g/mol. The van der Waals surface area contributed by atoms with E-state index in [1.807, 2.05) is 36.4 Å². The number of ether oxygens (including phenoxy) is 2. The van der Waals surface area contributed by atoms with Crippen LogP contribution in [0.1, 0.15) is 11.1 Å². The van der Waals surface area contributed by atoms with Gasteiger partial charge in [0.05, 0.1) is 13.7 Å². The van der Waals surface area contributed by atoms with E-state index in [1.54, 1.807) is 18.2 Å². The van der Waals surface area contributed by atoms with Gasteiger partial charge >= 0.3 is 5.97 Å². The predicted octanol–water partition coefficient (Wildman–Crippen LogP) is 3.82. The van der Waals surface area contributed by atoms with Crippen molar-refractivity contribution in [3.8, 4) is 5.75 Å². The first kappa shape index (κ1) is 17.9. The van der Waals surface area contributed by atoms with E-state index in [4.69, 9.17) is 4.74 Å². The van der Waals surface area contributed by atoms with Crippen LogP contribution in [-0.4, -0.2) is 19.6 Å². The average Bonchev–Trinajstić information content (AvgIpc) is 2.67. The molecule has 0 bridgehead atoms. The van der Waals surface area contributed by atoms with Gasteiger partial charge in [0.2, 0.25) is 0 Å². The third kappa shape index (κ3) is 4.37. The Morgan fingerprint density at radius 2 is 1.85 bits per heavy atom. The molecule has 0 spiro atoms. The van der Waals surface area contributed by atoms with Crippen molar-refractivity contribution < 1.29 is 18.7 Å². The molecule has 3 aromatic carbocycles. The molecular weight excluding hydrogens is 333 g/mol. The molecule has 0 radical (unpaired) electrons. The molecule has 5 heteroatoms. The van der Waals surface area contributed by atoms with Crippen LogP contribution in [0.5, 0.6) is 5.75 Å². The summed E-state index contributed by atoms with van der Waals surface area (Å²) in [5.41, 5.74) is 1.60. The number of esters is 1. The Labute approximate surface area is 151 Å². The lowest BCUT2D eigenvalue weighted by Gasteiger charge is -2.11. The summed E-state index contributed by atoms with van der Waals surface area (Å²) in [5.74, 6) is 0.113. The Morgan fingerprint density at radius 1 is 1.04 bits per heavy atom. The highest BCUT2D eigenvalue weighted by atomic mass is 19.1. The maximum Gasteiger partial charge on any atom is 0.319 e. The highest BCUT2D eigenvalue weighted by Gasteiger charge is 2.06. The molecule has 1 N–H and O–H groups in total. The summed E-state index contributed by atoms with van der Waals surface area (Å²) in [7, 11) is 1.37. The van der Waals surface area contributed by atoms with E-state index in [0.717, 1.165) is 16.3 Å². The molecule has 4 nitrogen and oxygen atoms in total. The first-order chi connectivity index (χ1) is 12.7. The van der Waals surface area contributed by atoms with E-state index >= 15 is 0 Å². The summed E-state index contributed by atoms with van der Waals surface area (Å²) < 4.78 is 24.0. The number of carbonyl (C=O) groups is 1. The lowest BCUT2D eigenvalue weighted by Crippen LogP contribution is -2.23. The van der Waals surface area contributed by atoms with Crippen molar-refractivity contribution in [2.45, 2.75) is 13.2 Å². The Hall–Kier alpha value is -2.92. The van der Waals surface area contributed by atoms with Crippen LogP contribution in [0.25, 0.3) is 10.8 Å². The molecule has 3 aromatic rings. The van der Waals surface area contributed by atoms with Crippen LogP contribution in [0.3, 0.4) is 0 Å². The van der Waals surface area contributed by atoms with Gasteiger partial charge < -0.3 is 14.8 Å². The van der Waals surface area contributed by atoms with Crippen LogP contribution < -0.4 is 10.1 Å². The summed E-state index contributed by atoms with van der Waals surface area (Å²) in [6.45, 7) is 0.900. The highest BCUT2D eigenvalue weighted by Crippen LogP contribution is 2.25. The minimum atomic E-state index is -0.297. The molecule has 0 unspecified atom stereocenters. The van der Waals surface area contributed by atoms with Crippen molar-refractivity contribution in [2.24, 2.45) is 0 Å². The van der Waals surface area contributed by atoms with Crippen molar-refractivity contribution in [3.05, 3.63) is 77.6 Å². The Balaban J connectivity index is 1.71. The fourth-order valence-corrected chi connectivity index (χ4v) is 2.72. The van der Waals surface area contributed by atoms with Crippen molar-refractivity contribution in [1.82, 2.24) is 5.32 Å². The fourth-order valence-electron chi connectivity index (χ4n) is 2.72. The predicted molar refractivity (Wildman–Crippen MR) is 98.4 cm³/mol.